The zero-order valence-electron chi connectivity index (χ0n) is 16.6. The molecular weight excluding hydrogens is 391 g/mol. The van der Waals surface area contributed by atoms with Gasteiger partial charge in [-0.25, -0.2) is 4.79 Å². The number of rotatable bonds is 4. The number of hydrogen-bond acceptors (Lipinski definition) is 2. The number of hydrogen-bond donors (Lipinski definition) is 0. The van der Waals surface area contributed by atoms with Gasteiger partial charge in [-0.2, -0.15) is 13.2 Å². The summed E-state index contributed by atoms with van der Waals surface area (Å²) in [5.74, 6) is 0. The van der Waals surface area contributed by atoms with Crippen molar-refractivity contribution in [3.05, 3.63) is 82.9 Å². The van der Waals surface area contributed by atoms with Gasteiger partial charge in [-0.1, -0.05) is 60.2 Å². The summed E-state index contributed by atoms with van der Waals surface area (Å²) in [4.78, 5) is 14.5. The third kappa shape index (κ3) is 4.53. The van der Waals surface area contributed by atoms with Crippen molar-refractivity contribution in [3.63, 3.8) is 0 Å². The Morgan fingerprint density at radius 1 is 1.03 bits per heavy atom. The number of halogens is 3. The Morgan fingerprint density at radius 3 is 2.50 bits per heavy atom. The minimum absolute atomic E-state index is 0.0231. The van der Waals surface area contributed by atoms with E-state index in [-0.39, 0.29) is 36.8 Å². The Balaban J connectivity index is 1.48. The number of carbonyl (C=O) groups excluding carboxylic acids is 1. The first-order valence-electron chi connectivity index (χ1n) is 10.3. The molecule has 1 saturated heterocycles. The summed E-state index contributed by atoms with van der Waals surface area (Å²) in [6, 6.07) is 15.1. The highest BCUT2D eigenvalue weighted by atomic mass is 19.4. The van der Waals surface area contributed by atoms with Gasteiger partial charge in [-0.05, 0) is 49.3 Å². The van der Waals surface area contributed by atoms with Crippen LogP contribution in [0, 0.1) is 0 Å². The molecule has 1 amide bonds. The van der Waals surface area contributed by atoms with Crippen LogP contribution in [0.15, 0.2) is 66.2 Å². The summed E-state index contributed by atoms with van der Waals surface area (Å²) >= 11 is 0. The molecule has 0 aromatic heterocycles. The molecule has 2 heterocycles. The fourth-order valence-electron chi connectivity index (χ4n) is 4.52. The van der Waals surface area contributed by atoms with Gasteiger partial charge in [0.1, 0.15) is 6.61 Å². The monoisotopic (exact) mass is 415 g/mol. The van der Waals surface area contributed by atoms with Gasteiger partial charge < -0.3 is 4.74 Å². The quantitative estimate of drug-likeness (QED) is 0.562. The maximum Gasteiger partial charge on any atom is 0.416 e. The van der Waals surface area contributed by atoms with E-state index in [1.54, 1.807) is 17.0 Å². The molecule has 4 rings (SSSR count). The average Bonchev–Trinajstić information content (AvgIpc) is 2.72. The molecule has 0 spiro atoms. The summed E-state index contributed by atoms with van der Waals surface area (Å²) in [5, 5.41) is 0. The van der Waals surface area contributed by atoms with Crippen LogP contribution >= 0.6 is 0 Å². The van der Waals surface area contributed by atoms with Gasteiger partial charge in [0.2, 0.25) is 0 Å². The Bertz CT molecular complexity index is 924. The lowest BCUT2D eigenvalue weighted by Crippen LogP contribution is -2.52. The fourth-order valence-corrected chi connectivity index (χ4v) is 4.52. The Hall–Kier alpha value is -2.76. The molecule has 2 unspecified atom stereocenters. The standard InChI is InChI=1S/C24H24F3NO2/c25-24(26,27)22-12-5-4-9-19(22)13-18-14-20-10-6-11-21(15-18)28(20)23(29)30-16-17-7-2-1-3-8-17/h1-5,7-9,12,14,20-21H,6,10-11,13,15-16H2. The molecular formula is C24H24F3NO2. The molecule has 2 aliphatic heterocycles. The smallest absolute Gasteiger partial charge is 0.416 e. The highest BCUT2D eigenvalue weighted by molar-refractivity contribution is 5.69. The van der Waals surface area contributed by atoms with E-state index in [9.17, 15) is 18.0 Å². The molecule has 2 bridgehead atoms. The number of nitrogens with zero attached hydrogens (tertiary/aromatic N) is 1. The van der Waals surface area contributed by atoms with Gasteiger partial charge in [0.05, 0.1) is 11.6 Å². The van der Waals surface area contributed by atoms with Crippen molar-refractivity contribution in [2.45, 2.75) is 57.0 Å². The van der Waals surface area contributed by atoms with Gasteiger partial charge in [0.25, 0.3) is 0 Å². The molecule has 2 atom stereocenters. The molecule has 0 aliphatic carbocycles. The molecule has 1 fully saturated rings. The van der Waals surface area contributed by atoms with Crippen LogP contribution in [0.25, 0.3) is 0 Å². The molecule has 30 heavy (non-hydrogen) atoms. The number of carbonyl (C=O) groups is 1. The summed E-state index contributed by atoms with van der Waals surface area (Å²) in [7, 11) is 0. The van der Waals surface area contributed by atoms with E-state index in [1.165, 1.54) is 6.07 Å². The van der Waals surface area contributed by atoms with E-state index in [0.717, 1.165) is 36.5 Å². The largest absolute Gasteiger partial charge is 0.445 e. The average molecular weight is 415 g/mol. The maximum atomic E-state index is 13.3. The van der Waals surface area contributed by atoms with Crippen molar-refractivity contribution in [1.29, 1.82) is 0 Å². The maximum absolute atomic E-state index is 13.3. The SMILES string of the molecule is O=C(OCc1ccccc1)N1C2C=C(Cc3ccccc3C(F)(F)F)CC1CCC2. The molecule has 6 heteroatoms. The van der Waals surface area contributed by atoms with Gasteiger partial charge in [-0.15, -0.1) is 0 Å². The lowest BCUT2D eigenvalue weighted by Gasteiger charge is -2.44. The zero-order chi connectivity index (χ0) is 21.1. The summed E-state index contributed by atoms with van der Waals surface area (Å²) in [5.41, 5.74) is 1.59. The Labute approximate surface area is 174 Å². The van der Waals surface area contributed by atoms with Crippen LogP contribution in [0.5, 0.6) is 0 Å². The van der Waals surface area contributed by atoms with E-state index < -0.39 is 11.7 Å². The van der Waals surface area contributed by atoms with Crippen molar-refractivity contribution < 1.29 is 22.7 Å². The molecule has 0 N–H and O–H groups in total. The molecule has 0 radical (unpaired) electrons. The molecule has 158 valence electrons. The number of benzene rings is 2. The highest BCUT2D eigenvalue weighted by Crippen LogP contribution is 2.37. The van der Waals surface area contributed by atoms with E-state index in [2.05, 4.69) is 0 Å². The van der Waals surface area contributed by atoms with E-state index in [4.69, 9.17) is 4.74 Å². The molecule has 2 aliphatic rings. The lowest BCUT2D eigenvalue weighted by atomic mass is 9.83. The minimum Gasteiger partial charge on any atom is -0.445 e. The molecule has 0 saturated carbocycles. The lowest BCUT2D eigenvalue weighted by molar-refractivity contribution is -0.138. The fraction of sp³-hybridized carbons (Fsp3) is 0.375. The van der Waals surface area contributed by atoms with E-state index >= 15 is 0 Å². The van der Waals surface area contributed by atoms with Crippen LogP contribution < -0.4 is 0 Å². The number of fused-ring (bicyclic) bond motifs is 2. The van der Waals surface area contributed by atoms with Crippen LogP contribution in [0.3, 0.4) is 0 Å². The Morgan fingerprint density at radius 2 is 1.77 bits per heavy atom. The third-order valence-electron chi connectivity index (χ3n) is 5.87. The van der Waals surface area contributed by atoms with Gasteiger partial charge in [-0.3, -0.25) is 4.90 Å². The molecule has 3 nitrogen and oxygen atoms in total. The number of amides is 1. The number of ether oxygens (including phenoxy) is 1. The van der Waals surface area contributed by atoms with Crippen LogP contribution in [0.2, 0.25) is 0 Å². The second kappa shape index (κ2) is 8.54. The number of alkyl halides is 3. The summed E-state index contributed by atoms with van der Waals surface area (Å²) in [6.45, 7) is 0.213. The van der Waals surface area contributed by atoms with Crippen molar-refractivity contribution >= 4 is 6.09 Å². The van der Waals surface area contributed by atoms with Gasteiger partial charge in [0, 0.05) is 6.04 Å². The third-order valence-corrected chi connectivity index (χ3v) is 5.87. The second-order valence-electron chi connectivity index (χ2n) is 7.96. The van der Waals surface area contributed by atoms with Crippen LogP contribution in [-0.4, -0.2) is 23.1 Å². The Kier molecular flexibility index (Phi) is 5.84. The molecule has 2 aromatic carbocycles. The van der Waals surface area contributed by atoms with Crippen molar-refractivity contribution in [2.24, 2.45) is 0 Å². The predicted molar refractivity (Wildman–Crippen MR) is 108 cm³/mol. The van der Waals surface area contributed by atoms with Crippen LogP contribution in [0.4, 0.5) is 18.0 Å². The van der Waals surface area contributed by atoms with Crippen molar-refractivity contribution in [3.8, 4) is 0 Å². The van der Waals surface area contributed by atoms with Crippen molar-refractivity contribution in [1.82, 2.24) is 4.90 Å². The minimum atomic E-state index is -4.37. The van der Waals surface area contributed by atoms with E-state index in [1.807, 2.05) is 36.4 Å². The first-order chi connectivity index (χ1) is 14.4. The van der Waals surface area contributed by atoms with Gasteiger partial charge in [0.15, 0.2) is 0 Å². The zero-order valence-corrected chi connectivity index (χ0v) is 16.6. The van der Waals surface area contributed by atoms with E-state index in [0.29, 0.717) is 6.42 Å². The highest BCUT2D eigenvalue weighted by Gasteiger charge is 2.39. The normalized spacial score (nSPS) is 21.2. The summed E-state index contributed by atoms with van der Waals surface area (Å²) in [6.07, 6.45) is 0.761. The van der Waals surface area contributed by atoms with Crippen LogP contribution in [0.1, 0.15) is 42.4 Å². The first kappa shape index (κ1) is 20.5. The second-order valence-corrected chi connectivity index (χ2v) is 7.96. The number of piperidine rings is 1. The topological polar surface area (TPSA) is 29.5 Å². The molecule has 2 aromatic rings. The van der Waals surface area contributed by atoms with Crippen molar-refractivity contribution in [2.75, 3.05) is 0 Å². The predicted octanol–water partition coefficient (Wildman–Crippen LogP) is 6.14. The summed E-state index contributed by atoms with van der Waals surface area (Å²) < 4.78 is 45.5. The van der Waals surface area contributed by atoms with Gasteiger partial charge >= 0.3 is 12.3 Å². The van der Waals surface area contributed by atoms with Crippen LogP contribution in [-0.2, 0) is 23.9 Å². The first-order valence-corrected chi connectivity index (χ1v) is 10.3.